The fourth-order valence-electron chi connectivity index (χ4n) is 2.43. The van der Waals surface area contributed by atoms with Crippen LogP contribution in [0.1, 0.15) is 18.1 Å². The largest absolute Gasteiger partial charge is 0.497 e. The molecule has 0 aliphatic carbocycles. The van der Waals surface area contributed by atoms with Crippen molar-refractivity contribution in [3.8, 4) is 17.0 Å². The number of ether oxygens (including phenoxy) is 1. The Kier molecular flexibility index (Phi) is 4.36. The van der Waals surface area contributed by atoms with Gasteiger partial charge in [0.1, 0.15) is 5.75 Å². The van der Waals surface area contributed by atoms with Gasteiger partial charge in [-0.2, -0.15) is 0 Å². The molecule has 1 aromatic heterocycles. The molecule has 0 aliphatic heterocycles. The van der Waals surface area contributed by atoms with Crippen LogP contribution in [0.5, 0.6) is 5.75 Å². The average molecular weight is 286 g/mol. The number of pyridine rings is 1. The summed E-state index contributed by atoms with van der Waals surface area (Å²) in [5.41, 5.74) is 4.76. The van der Waals surface area contributed by atoms with Gasteiger partial charge in [-0.05, 0) is 37.1 Å². The first-order chi connectivity index (χ1) is 9.97. The highest BCUT2D eigenvalue weighted by molar-refractivity contribution is 5.79. The van der Waals surface area contributed by atoms with Crippen molar-refractivity contribution in [2.24, 2.45) is 0 Å². The van der Waals surface area contributed by atoms with Crippen LogP contribution in [0.15, 0.2) is 29.1 Å². The molecule has 0 aliphatic rings. The molecule has 2 aromatic rings. The number of nitrogens with zero attached hydrogens (tertiary/aromatic N) is 1. The predicted molar refractivity (Wildman–Crippen MR) is 87.5 cm³/mol. The van der Waals surface area contributed by atoms with Gasteiger partial charge in [0.25, 0.3) is 5.56 Å². The second kappa shape index (κ2) is 6.04. The third kappa shape index (κ3) is 2.94. The second-order valence-corrected chi connectivity index (χ2v) is 5.31. The van der Waals surface area contributed by atoms with Gasteiger partial charge >= 0.3 is 0 Å². The number of anilines is 1. The Morgan fingerprint density at radius 2 is 1.95 bits per heavy atom. The Balaban J connectivity index is 2.72. The first-order valence-corrected chi connectivity index (χ1v) is 7.06. The number of hydrogen-bond donors (Lipinski definition) is 1. The maximum atomic E-state index is 12.0. The molecule has 0 fully saturated rings. The summed E-state index contributed by atoms with van der Waals surface area (Å²) in [5, 5.41) is 0. The SMILES string of the molecule is CCc1cc(C)c(=O)[nH]c1-c1ccc(OC)cc1N(C)C. The van der Waals surface area contributed by atoms with Crippen molar-refractivity contribution in [3.63, 3.8) is 0 Å². The lowest BCUT2D eigenvalue weighted by Crippen LogP contribution is -2.15. The van der Waals surface area contributed by atoms with Crippen LogP contribution >= 0.6 is 0 Å². The molecule has 0 bridgehead atoms. The topological polar surface area (TPSA) is 45.3 Å². The number of rotatable bonds is 4. The minimum Gasteiger partial charge on any atom is -0.497 e. The number of H-pyrrole nitrogens is 1. The number of aromatic nitrogens is 1. The maximum Gasteiger partial charge on any atom is 0.251 e. The molecule has 112 valence electrons. The molecule has 1 aromatic carbocycles. The Morgan fingerprint density at radius 1 is 1.24 bits per heavy atom. The van der Waals surface area contributed by atoms with Crippen molar-refractivity contribution in [3.05, 3.63) is 45.7 Å². The van der Waals surface area contributed by atoms with E-state index in [1.165, 1.54) is 0 Å². The molecular formula is C17H22N2O2. The zero-order valence-corrected chi connectivity index (χ0v) is 13.3. The molecule has 2 rings (SSSR count). The molecule has 0 saturated carbocycles. The quantitative estimate of drug-likeness (QED) is 0.939. The molecule has 21 heavy (non-hydrogen) atoms. The van der Waals surface area contributed by atoms with Crippen molar-refractivity contribution < 1.29 is 4.74 Å². The predicted octanol–water partition coefficient (Wildman–Crippen LogP) is 2.99. The minimum absolute atomic E-state index is 0.0391. The van der Waals surface area contributed by atoms with Crippen LogP contribution < -0.4 is 15.2 Å². The first kappa shape index (κ1) is 15.2. The molecule has 4 heteroatoms. The highest BCUT2D eigenvalue weighted by Gasteiger charge is 2.13. The van der Waals surface area contributed by atoms with Gasteiger partial charge in [-0.15, -0.1) is 0 Å². The van der Waals surface area contributed by atoms with Crippen LogP contribution in [-0.2, 0) is 6.42 Å². The molecule has 0 saturated heterocycles. The van der Waals surface area contributed by atoms with E-state index in [0.717, 1.165) is 40.2 Å². The van der Waals surface area contributed by atoms with Crippen LogP contribution in [0, 0.1) is 6.92 Å². The third-order valence-electron chi connectivity index (χ3n) is 3.65. The Labute approximate surface area is 125 Å². The molecule has 1 heterocycles. The lowest BCUT2D eigenvalue weighted by Gasteiger charge is -2.20. The summed E-state index contributed by atoms with van der Waals surface area (Å²) in [6, 6.07) is 7.86. The van der Waals surface area contributed by atoms with E-state index in [9.17, 15) is 4.79 Å². The highest BCUT2D eigenvalue weighted by atomic mass is 16.5. The van der Waals surface area contributed by atoms with Crippen molar-refractivity contribution in [2.45, 2.75) is 20.3 Å². The van der Waals surface area contributed by atoms with Gasteiger partial charge in [0, 0.05) is 37.0 Å². The van der Waals surface area contributed by atoms with E-state index in [2.05, 4.69) is 11.9 Å². The van der Waals surface area contributed by atoms with Crippen LogP contribution in [0.25, 0.3) is 11.3 Å². The van der Waals surface area contributed by atoms with E-state index in [-0.39, 0.29) is 5.56 Å². The Morgan fingerprint density at radius 3 is 2.52 bits per heavy atom. The van der Waals surface area contributed by atoms with Gasteiger partial charge < -0.3 is 14.6 Å². The normalized spacial score (nSPS) is 10.5. The highest BCUT2D eigenvalue weighted by Crippen LogP contribution is 2.33. The second-order valence-electron chi connectivity index (χ2n) is 5.31. The monoisotopic (exact) mass is 286 g/mol. The number of aryl methyl sites for hydroxylation is 2. The minimum atomic E-state index is -0.0391. The van der Waals surface area contributed by atoms with Gasteiger partial charge in [0.2, 0.25) is 0 Å². The summed E-state index contributed by atoms with van der Waals surface area (Å²) in [6.07, 6.45) is 0.867. The molecule has 0 radical (unpaired) electrons. The van der Waals surface area contributed by atoms with Gasteiger partial charge in [0.05, 0.1) is 12.8 Å². The molecule has 1 N–H and O–H groups in total. The van der Waals surface area contributed by atoms with E-state index < -0.39 is 0 Å². The van der Waals surface area contributed by atoms with Crippen molar-refractivity contribution >= 4 is 5.69 Å². The van der Waals surface area contributed by atoms with Gasteiger partial charge in [-0.3, -0.25) is 4.79 Å². The van der Waals surface area contributed by atoms with Crippen molar-refractivity contribution in [1.82, 2.24) is 4.98 Å². The zero-order valence-electron chi connectivity index (χ0n) is 13.3. The summed E-state index contributed by atoms with van der Waals surface area (Å²) in [4.78, 5) is 17.0. The van der Waals surface area contributed by atoms with E-state index in [4.69, 9.17) is 4.74 Å². The lowest BCUT2D eigenvalue weighted by atomic mass is 10.0. The van der Waals surface area contributed by atoms with Crippen molar-refractivity contribution in [2.75, 3.05) is 26.1 Å². The standard InChI is InChI=1S/C17H22N2O2/c1-6-12-9-11(2)17(20)18-16(12)14-8-7-13(21-5)10-15(14)19(3)4/h7-10H,6H2,1-5H3,(H,18,20). The molecule has 0 spiro atoms. The smallest absolute Gasteiger partial charge is 0.251 e. The van der Waals surface area contributed by atoms with Gasteiger partial charge in [-0.25, -0.2) is 0 Å². The van der Waals surface area contributed by atoms with Crippen LogP contribution in [0.3, 0.4) is 0 Å². The van der Waals surface area contributed by atoms with Crippen LogP contribution in [0.2, 0.25) is 0 Å². The van der Waals surface area contributed by atoms with E-state index in [1.54, 1.807) is 7.11 Å². The molecule has 4 nitrogen and oxygen atoms in total. The Bertz CT molecular complexity index is 702. The number of nitrogens with one attached hydrogen (secondary N) is 1. The fraction of sp³-hybridized carbons (Fsp3) is 0.353. The van der Waals surface area contributed by atoms with Gasteiger partial charge in [-0.1, -0.05) is 6.92 Å². The summed E-state index contributed by atoms with van der Waals surface area (Å²) in [7, 11) is 5.62. The van der Waals surface area contributed by atoms with Crippen molar-refractivity contribution in [1.29, 1.82) is 0 Å². The summed E-state index contributed by atoms with van der Waals surface area (Å²) >= 11 is 0. The van der Waals surface area contributed by atoms with Crippen LogP contribution in [0.4, 0.5) is 5.69 Å². The molecule has 0 amide bonds. The number of hydrogen-bond acceptors (Lipinski definition) is 3. The molecule has 0 atom stereocenters. The number of aromatic amines is 1. The average Bonchev–Trinajstić information content (AvgIpc) is 2.48. The summed E-state index contributed by atoms with van der Waals surface area (Å²) < 4.78 is 5.30. The number of methoxy groups -OCH3 is 1. The fourth-order valence-corrected chi connectivity index (χ4v) is 2.43. The van der Waals surface area contributed by atoms with Crippen LogP contribution in [-0.4, -0.2) is 26.2 Å². The lowest BCUT2D eigenvalue weighted by molar-refractivity contribution is 0.415. The number of benzene rings is 1. The van der Waals surface area contributed by atoms with Gasteiger partial charge in [0.15, 0.2) is 0 Å². The molecule has 0 unspecified atom stereocenters. The van der Waals surface area contributed by atoms with E-state index in [0.29, 0.717) is 0 Å². The Hall–Kier alpha value is -2.23. The first-order valence-electron chi connectivity index (χ1n) is 7.06. The van der Waals surface area contributed by atoms with E-state index in [1.807, 2.05) is 50.2 Å². The summed E-state index contributed by atoms with van der Waals surface area (Å²) in [6.45, 7) is 3.93. The summed E-state index contributed by atoms with van der Waals surface area (Å²) in [5.74, 6) is 0.801. The van der Waals surface area contributed by atoms with E-state index >= 15 is 0 Å². The maximum absolute atomic E-state index is 12.0. The third-order valence-corrected chi connectivity index (χ3v) is 3.65. The molecular weight excluding hydrogens is 264 g/mol. The zero-order chi connectivity index (χ0) is 15.6.